The van der Waals surface area contributed by atoms with Gasteiger partial charge >= 0.3 is 0 Å². The van der Waals surface area contributed by atoms with Crippen LogP contribution in [0.2, 0.25) is 0 Å². The van der Waals surface area contributed by atoms with Crippen molar-refractivity contribution in [1.29, 1.82) is 0 Å². The molecule has 1 atom stereocenters. The molecule has 0 saturated carbocycles. The number of likely N-dealkylation sites (tertiary alicyclic amines) is 1. The lowest BCUT2D eigenvalue weighted by molar-refractivity contribution is 0.0536. The Morgan fingerprint density at radius 1 is 1.00 bits per heavy atom. The summed E-state index contributed by atoms with van der Waals surface area (Å²) in [6.07, 6.45) is 1.13. The lowest BCUT2D eigenvalue weighted by Crippen LogP contribution is -2.39. The maximum atomic E-state index is 5.88. The van der Waals surface area contributed by atoms with Crippen molar-refractivity contribution in [2.75, 3.05) is 47.1 Å². The fraction of sp³-hybridized carbons (Fsp3) is 0.480. The van der Waals surface area contributed by atoms with Gasteiger partial charge in [-0.2, -0.15) is 0 Å². The first-order chi connectivity index (χ1) is 15.3. The number of nitrogens with zero attached hydrogens (tertiary/aromatic N) is 2. The Kier molecular flexibility index (Phi) is 12.6. The lowest BCUT2D eigenvalue weighted by atomic mass is 10.1. The smallest absolute Gasteiger partial charge is 0.193 e. The van der Waals surface area contributed by atoms with Gasteiger partial charge in [0.2, 0.25) is 0 Å². The molecule has 1 fully saturated rings. The maximum Gasteiger partial charge on any atom is 0.193 e. The zero-order valence-electron chi connectivity index (χ0n) is 19.2. The summed E-state index contributed by atoms with van der Waals surface area (Å²) in [7, 11) is 3.54. The molecule has 0 bridgehead atoms. The van der Waals surface area contributed by atoms with Crippen molar-refractivity contribution in [2.24, 2.45) is 10.9 Å². The predicted octanol–water partition coefficient (Wildman–Crippen LogP) is 4.08. The molecular weight excluding hydrogens is 517 g/mol. The molecule has 2 aromatic rings. The molecule has 7 heteroatoms. The van der Waals surface area contributed by atoms with Crippen molar-refractivity contribution in [3.05, 3.63) is 71.3 Å². The Hall–Kier alpha value is -1.68. The highest BCUT2D eigenvalue weighted by Crippen LogP contribution is 2.17. The van der Waals surface area contributed by atoms with Crippen LogP contribution in [0.25, 0.3) is 0 Å². The van der Waals surface area contributed by atoms with Crippen LogP contribution < -0.4 is 5.32 Å². The second-order valence-electron chi connectivity index (χ2n) is 7.87. The van der Waals surface area contributed by atoms with E-state index >= 15 is 0 Å². The van der Waals surface area contributed by atoms with Gasteiger partial charge in [-0.3, -0.25) is 4.99 Å². The van der Waals surface area contributed by atoms with Crippen LogP contribution in [0.4, 0.5) is 0 Å². The number of benzene rings is 2. The van der Waals surface area contributed by atoms with Gasteiger partial charge in [0.15, 0.2) is 5.96 Å². The second kappa shape index (κ2) is 15.2. The Bertz CT molecular complexity index is 804. The standard InChI is InChI=1S/C25H35N3O3.HI/c1-26-25(28-12-11-24(17-28)20-30-14-13-29-2)27-16-22-9-6-10-23(15-22)19-31-18-21-7-4-3-5-8-21;/h3-10,15,24H,11-14,16-20H2,1-2H3,(H,26,27);1H. The first kappa shape index (κ1) is 26.6. The maximum absolute atomic E-state index is 5.88. The molecule has 6 nitrogen and oxygen atoms in total. The van der Waals surface area contributed by atoms with E-state index in [9.17, 15) is 0 Å². The topological polar surface area (TPSA) is 55.3 Å². The van der Waals surface area contributed by atoms with Gasteiger partial charge in [0.1, 0.15) is 0 Å². The fourth-order valence-electron chi connectivity index (χ4n) is 3.76. The molecule has 176 valence electrons. The lowest BCUT2D eigenvalue weighted by Gasteiger charge is -2.22. The van der Waals surface area contributed by atoms with Crippen LogP contribution >= 0.6 is 24.0 Å². The summed E-state index contributed by atoms with van der Waals surface area (Å²) in [5.74, 6) is 1.49. The number of ether oxygens (including phenoxy) is 3. The zero-order valence-corrected chi connectivity index (χ0v) is 21.5. The number of aliphatic imine (C=N–C) groups is 1. The van der Waals surface area contributed by atoms with E-state index in [1.165, 1.54) is 16.7 Å². The molecule has 0 aromatic heterocycles. The summed E-state index contributed by atoms with van der Waals surface area (Å²) in [6, 6.07) is 18.8. The average Bonchev–Trinajstić information content (AvgIpc) is 3.27. The summed E-state index contributed by atoms with van der Waals surface area (Å²) in [4.78, 5) is 6.80. The molecule has 1 saturated heterocycles. The minimum Gasteiger partial charge on any atom is -0.382 e. The van der Waals surface area contributed by atoms with Crippen LogP contribution in [0.1, 0.15) is 23.1 Å². The average molecular weight is 553 g/mol. The van der Waals surface area contributed by atoms with Gasteiger partial charge in [-0.05, 0) is 23.1 Å². The number of hydrogen-bond donors (Lipinski definition) is 1. The van der Waals surface area contributed by atoms with E-state index in [0.29, 0.717) is 32.3 Å². The third kappa shape index (κ3) is 9.05. The van der Waals surface area contributed by atoms with Gasteiger partial charge in [-0.15, -0.1) is 24.0 Å². The summed E-state index contributed by atoms with van der Waals surface area (Å²) in [5, 5.41) is 3.51. The van der Waals surface area contributed by atoms with Crippen LogP contribution in [-0.2, 0) is 34.0 Å². The van der Waals surface area contributed by atoms with E-state index < -0.39 is 0 Å². The highest BCUT2D eigenvalue weighted by Gasteiger charge is 2.24. The molecule has 1 aliphatic rings. The quantitative estimate of drug-likeness (QED) is 0.197. The van der Waals surface area contributed by atoms with Crippen molar-refractivity contribution in [1.82, 2.24) is 10.2 Å². The number of methoxy groups -OCH3 is 1. The Labute approximate surface area is 209 Å². The number of guanidine groups is 1. The van der Waals surface area contributed by atoms with Gasteiger partial charge in [0.25, 0.3) is 0 Å². The summed E-state index contributed by atoms with van der Waals surface area (Å²) < 4.78 is 16.6. The number of hydrogen-bond acceptors (Lipinski definition) is 4. The van der Waals surface area contributed by atoms with Gasteiger partial charge in [0, 0.05) is 39.7 Å². The molecule has 1 N–H and O–H groups in total. The van der Waals surface area contributed by atoms with Crippen molar-refractivity contribution < 1.29 is 14.2 Å². The van der Waals surface area contributed by atoms with Crippen LogP contribution in [-0.4, -0.2) is 57.9 Å². The molecule has 0 aliphatic carbocycles. The summed E-state index contributed by atoms with van der Waals surface area (Å²) >= 11 is 0. The van der Waals surface area contributed by atoms with Crippen LogP contribution in [0, 0.1) is 5.92 Å². The van der Waals surface area contributed by atoms with E-state index in [4.69, 9.17) is 14.2 Å². The minimum absolute atomic E-state index is 0. The van der Waals surface area contributed by atoms with Gasteiger partial charge in [-0.25, -0.2) is 0 Å². The molecular formula is C25H36IN3O3. The van der Waals surface area contributed by atoms with E-state index in [1.807, 2.05) is 25.2 Å². The number of nitrogens with one attached hydrogen (secondary N) is 1. The number of rotatable bonds is 11. The molecule has 1 aliphatic heterocycles. The third-order valence-electron chi connectivity index (χ3n) is 5.40. The van der Waals surface area contributed by atoms with E-state index in [0.717, 1.165) is 38.6 Å². The number of halogens is 1. The molecule has 0 amide bonds. The molecule has 3 rings (SSSR count). The SMILES string of the molecule is CN=C(NCc1cccc(COCc2ccccc2)c1)N1CCC(COCCOC)C1.I. The van der Waals surface area contributed by atoms with Crippen molar-refractivity contribution in [2.45, 2.75) is 26.2 Å². The molecule has 2 aromatic carbocycles. The van der Waals surface area contributed by atoms with E-state index in [2.05, 4.69) is 51.6 Å². The second-order valence-corrected chi connectivity index (χ2v) is 7.87. The first-order valence-electron chi connectivity index (χ1n) is 11.0. The fourth-order valence-corrected chi connectivity index (χ4v) is 3.76. The van der Waals surface area contributed by atoms with Crippen molar-refractivity contribution >= 4 is 29.9 Å². The van der Waals surface area contributed by atoms with Crippen LogP contribution in [0.3, 0.4) is 0 Å². The minimum atomic E-state index is 0. The van der Waals surface area contributed by atoms with Gasteiger partial charge in [-0.1, -0.05) is 54.6 Å². The highest BCUT2D eigenvalue weighted by molar-refractivity contribution is 14.0. The molecule has 1 heterocycles. The Morgan fingerprint density at radius 3 is 2.53 bits per heavy atom. The van der Waals surface area contributed by atoms with E-state index in [-0.39, 0.29) is 24.0 Å². The Morgan fingerprint density at radius 2 is 1.75 bits per heavy atom. The third-order valence-corrected chi connectivity index (χ3v) is 5.40. The zero-order chi connectivity index (χ0) is 21.7. The van der Waals surface area contributed by atoms with Crippen LogP contribution in [0.5, 0.6) is 0 Å². The summed E-state index contributed by atoms with van der Waals surface area (Å²) in [5.41, 5.74) is 3.59. The Balaban J connectivity index is 0.00000363. The largest absolute Gasteiger partial charge is 0.382 e. The van der Waals surface area contributed by atoms with Crippen LogP contribution in [0.15, 0.2) is 59.6 Å². The molecule has 1 unspecified atom stereocenters. The molecule has 32 heavy (non-hydrogen) atoms. The first-order valence-corrected chi connectivity index (χ1v) is 11.0. The highest BCUT2D eigenvalue weighted by atomic mass is 127. The van der Waals surface area contributed by atoms with Crippen molar-refractivity contribution in [3.63, 3.8) is 0 Å². The predicted molar refractivity (Wildman–Crippen MR) is 139 cm³/mol. The van der Waals surface area contributed by atoms with Gasteiger partial charge < -0.3 is 24.4 Å². The van der Waals surface area contributed by atoms with Gasteiger partial charge in [0.05, 0.1) is 33.0 Å². The summed E-state index contributed by atoms with van der Waals surface area (Å²) in [6.45, 7) is 6.04. The molecule has 0 spiro atoms. The monoisotopic (exact) mass is 553 g/mol. The van der Waals surface area contributed by atoms with Crippen molar-refractivity contribution in [3.8, 4) is 0 Å². The normalized spacial score (nSPS) is 16.1. The molecule has 0 radical (unpaired) electrons. The van der Waals surface area contributed by atoms with E-state index in [1.54, 1.807) is 7.11 Å².